The topological polar surface area (TPSA) is 0 Å². The molecule has 0 heterocycles. The standard InChI is InChI=1S/C12H13Cl/c1-8-3-6-11-10(7-8)5-4-9(2)12(11)13/h4-5H,1,3,6-7H2,2H3. The monoisotopic (exact) mass is 192 g/mol. The largest absolute Gasteiger partial charge is 0.0995 e. The van der Waals surface area contributed by atoms with Crippen molar-refractivity contribution >= 4 is 11.6 Å². The molecule has 68 valence electrons. The molecule has 0 amide bonds. The molecule has 0 spiro atoms. The van der Waals surface area contributed by atoms with Crippen LogP contribution in [0.1, 0.15) is 23.1 Å². The van der Waals surface area contributed by atoms with Gasteiger partial charge in [0.2, 0.25) is 0 Å². The minimum Gasteiger partial charge on any atom is -0.0995 e. The normalized spacial score (nSPS) is 15.7. The third-order valence-electron chi connectivity index (χ3n) is 2.70. The lowest BCUT2D eigenvalue weighted by atomic mass is 9.88. The summed E-state index contributed by atoms with van der Waals surface area (Å²) in [6, 6.07) is 4.28. The average molecular weight is 193 g/mol. The van der Waals surface area contributed by atoms with Gasteiger partial charge in [-0.2, -0.15) is 0 Å². The molecule has 0 atom stereocenters. The second-order valence-electron chi connectivity index (χ2n) is 3.76. The molecule has 0 aliphatic heterocycles. The summed E-state index contributed by atoms with van der Waals surface area (Å²) in [5, 5.41) is 0.963. The van der Waals surface area contributed by atoms with E-state index in [1.165, 1.54) is 22.3 Å². The zero-order chi connectivity index (χ0) is 9.42. The first-order valence-corrected chi connectivity index (χ1v) is 5.00. The lowest BCUT2D eigenvalue weighted by molar-refractivity contribution is 0.839. The molecule has 0 unspecified atom stereocenters. The Bertz CT molecular complexity index is 364. The Labute approximate surface area is 84.2 Å². The summed E-state index contributed by atoms with van der Waals surface area (Å²) in [7, 11) is 0. The third-order valence-corrected chi connectivity index (χ3v) is 3.23. The molecule has 1 aromatic carbocycles. The van der Waals surface area contributed by atoms with Crippen molar-refractivity contribution in [2.45, 2.75) is 26.2 Å². The van der Waals surface area contributed by atoms with Gasteiger partial charge in [-0.1, -0.05) is 35.9 Å². The molecule has 0 nitrogen and oxygen atoms in total. The van der Waals surface area contributed by atoms with Gasteiger partial charge in [0.15, 0.2) is 0 Å². The Morgan fingerprint density at radius 1 is 1.31 bits per heavy atom. The van der Waals surface area contributed by atoms with Crippen molar-refractivity contribution in [2.24, 2.45) is 0 Å². The minimum absolute atomic E-state index is 0.963. The number of rotatable bonds is 0. The SMILES string of the molecule is C=C1CCc2c(ccc(C)c2Cl)C1. The summed E-state index contributed by atoms with van der Waals surface area (Å²) in [6.07, 6.45) is 3.17. The van der Waals surface area contributed by atoms with Crippen LogP contribution in [0.3, 0.4) is 0 Å². The Morgan fingerprint density at radius 3 is 2.85 bits per heavy atom. The highest BCUT2D eigenvalue weighted by molar-refractivity contribution is 6.32. The van der Waals surface area contributed by atoms with Gasteiger partial charge in [-0.3, -0.25) is 0 Å². The van der Waals surface area contributed by atoms with Gasteiger partial charge in [-0.25, -0.2) is 0 Å². The minimum atomic E-state index is 0.963. The third kappa shape index (κ3) is 1.51. The van der Waals surface area contributed by atoms with E-state index in [9.17, 15) is 0 Å². The zero-order valence-corrected chi connectivity index (χ0v) is 8.62. The van der Waals surface area contributed by atoms with Crippen molar-refractivity contribution in [3.05, 3.63) is 46.0 Å². The second-order valence-corrected chi connectivity index (χ2v) is 4.14. The van der Waals surface area contributed by atoms with Gasteiger partial charge in [-0.15, -0.1) is 0 Å². The molecule has 0 aromatic heterocycles. The van der Waals surface area contributed by atoms with E-state index in [0.717, 1.165) is 24.3 Å². The lowest BCUT2D eigenvalue weighted by Crippen LogP contribution is -2.05. The quantitative estimate of drug-likeness (QED) is 0.550. The van der Waals surface area contributed by atoms with Crippen molar-refractivity contribution in [3.8, 4) is 0 Å². The van der Waals surface area contributed by atoms with Crippen LogP contribution in [0, 0.1) is 6.92 Å². The van der Waals surface area contributed by atoms with Crippen molar-refractivity contribution in [3.63, 3.8) is 0 Å². The summed E-state index contributed by atoms with van der Waals surface area (Å²) in [4.78, 5) is 0. The van der Waals surface area contributed by atoms with Crippen LogP contribution >= 0.6 is 11.6 Å². The first-order chi connectivity index (χ1) is 6.18. The van der Waals surface area contributed by atoms with E-state index >= 15 is 0 Å². The highest BCUT2D eigenvalue weighted by Gasteiger charge is 2.15. The van der Waals surface area contributed by atoms with E-state index in [0.29, 0.717) is 0 Å². The van der Waals surface area contributed by atoms with Crippen LogP contribution in [-0.2, 0) is 12.8 Å². The summed E-state index contributed by atoms with van der Waals surface area (Å²) in [5.41, 5.74) is 5.22. The van der Waals surface area contributed by atoms with E-state index in [1.807, 2.05) is 0 Å². The van der Waals surface area contributed by atoms with Crippen LogP contribution in [-0.4, -0.2) is 0 Å². The number of allylic oxidation sites excluding steroid dienone is 1. The molecular weight excluding hydrogens is 180 g/mol. The van der Waals surface area contributed by atoms with Crippen molar-refractivity contribution in [1.82, 2.24) is 0 Å². The molecule has 0 saturated carbocycles. The van der Waals surface area contributed by atoms with Crippen LogP contribution in [0.25, 0.3) is 0 Å². The predicted molar refractivity (Wildman–Crippen MR) is 57.4 cm³/mol. The molecule has 0 fully saturated rings. The van der Waals surface area contributed by atoms with Gasteiger partial charge in [-0.05, 0) is 42.9 Å². The average Bonchev–Trinajstić information content (AvgIpc) is 2.12. The van der Waals surface area contributed by atoms with Crippen LogP contribution in [0.2, 0.25) is 5.02 Å². The van der Waals surface area contributed by atoms with Gasteiger partial charge < -0.3 is 0 Å². The highest BCUT2D eigenvalue weighted by Crippen LogP contribution is 2.31. The Morgan fingerprint density at radius 2 is 2.08 bits per heavy atom. The molecule has 2 rings (SSSR count). The fraction of sp³-hybridized carbons (Fsp3) is 0.333. The molecule has 0 saturated heterocycles. The molecule has 0 radical (unpaired) electrons. The molecular formula is C12H13Cl. The summed E-state index contributed by atoms with van der Waals surface area (Å²) >= 11 is 6.23. The number of hydrogen-bond acceptors (Lipinski definition) is 0. The van der Waals surface area contributed by atoms with Gasteiger partial charge in [0.1, 0.15) is 0 Å². The number of hydrogen-bond donors (Lipinski definition) is 0. The van der Waals surface area contributed by atoms with E-state index in [1.54, 1.807) is 0 Å². The number of aryl methyl sites for hydroxylation is 1. The van der Waals surface area contributed by atoms with E-state index in [-0.39, 0.29) is 0 Å². The van der Waals surface area contributed by atoms with Crippen LogP contribution < -0.4 is 0 Å². The lowest BCUT2D eigenvalue weighted by Gasteiger charge is -2.19. The van der Waals surface area contributed by atoms with Gasteiger partial charge in [0, 0.05) is 5.02 Å². The van der Waals surface area contributed by atoms with Gasteiger partial charge >= 0.3 is 0 Å². The molecule has 1 aromatic rings. The van der Waals surface area contributed by atoms with Crippen LogP contribution in [0.5, 0.6) is 0 Å². The number of benzene rings is 1. The van der Waals surface area contributed by atoms with E-state index in [4.69, 9.17) is 11.6 Å². The summed E-state index contributed by atoms with van der Waals surface area (Å²) < 4.78 is 0. The molecule has 1 aliphatic carbocycles. The Balaban J connectivity index is 2.53. The first-order valence-electron chi connectivity index (χ1n) is 4.62. The van der Waals surface area contributed by atoms with E-state index < -0.39 is 0 Å². The fourth-order valence-electron chi connectivity index (χ4n) is 1.87. The van der Waals surface area contributed by atoms with Gasteiger partial charge in [0.05, 0.1) is 0 Å². The molecule has 1 heteroatoms. The summed E-state index contributed by atoms with van der Waals surface area (Å²) in [6.45, 7) is 6.08. The van der Waals surface area contributed by atoms with E-state index in [2.05, 4.69) is 25.6 Å². The predicted octanol–water partition coefficient (Wildman–Crippen LogP) is 3.69. The maximum absolute atomic E-state index is 6.23. The zero-order valence-electron chi connectivity index (χ0n) is 7.86. The maximum Gasteiger partial charge on any atom is 0.0470 e. The Hall–Kier alpha value is -0.750. The smallest absolute Gasteiger partial charge is 0.0470 e. The first kappa shape index (κ1) is 8.83. The summed E-state index contributed by atoms with van der Waals surface area (Å²) in [5.74, 6) is 0. The second kappa shape index (κ2) is 3.19. The number of fused-ring (bicyclic) bond motifs is 1. The van der Waals surface area contributed by atoms with Crippen molar-refractivity contribution in [2.75, 3.05) is 0 Å². The van der Waals surface area contributed by atoms with Crippen LogP contribution in [0.4, 0.5) is 0 Å². The highest BCUT2D eigenvalue weighted by atomic mass is 35.5. The van der Waals surface area contributed by atoms with Gasteiger partial charge in [0.25, 0.3) is 0 Å². The molecule has 1 aliphatic rings. The maximum atomic E-state index is 6.23. The molecule has 0 N–H and O–H groups in total. The molecule has 13 heavy (non-hydrogen) atoms. The molecule has 0 bridgehead atoms. The van der Waals surface area contributed by atoms with Crippen LogP contribution in [0.15, 0.2) is 24.3 Å². The number of halogens is 1. The fourth-order valence-corrected chi connectivity index (χ4v) is 2.15. The Kier molecular flexibility index (Phi) is 2.17. The van der Waals surface area contributed by atoms with Crippen molar-refractivity contribution in [1.29, 1.82) is 0 Å². The van der Waals surface area contributed by atoms with Crippen molar-refractivity contribution < 1.29 is 0 Å².